The van der Waals surface area contributed by atoms with Crippen LogP contribution in [0, 0.1) is 11.3 Å². The van der Waals surface area contributed by atoms with Crippen molar-refractivity contribution in [2.24, 2.45) is 5.73 Å². The molecule has 2 rings (SSSR count). The topological polar surface area (TPSA) is 71.1 Å². The van der Waals surface area contributed by atoms with Gasteiger partial charge in [-0.3, -0.25) is 0 Å². The van der Waals surface area contributed by atoms with Gasteiger partial charge in [-0.15, -0.1) is 0 Å². The van der Waals surface area contributed by atoms with E-state index in [1.807, 2.05) is 24.3 Å². The molecular weight excluding hydrogens is 250 g/mol. The molecule has 0 bridgehead atoms. The molecule has 0 unspecified atom stereocenters. The van der Waals surface area contributed by atoms with Crippen LogP contribution in [-0.4, -0.2) is 25.3 Å². The molecule has 0 spiro atoms. The molecule has 1 aromatic rings. The van der Waals surface area contributed by atoms with E-state index in [2.05, 4.69) is 11.4 Å². The molecule has 3 N–H and O–H groups in total. The summed E-state index contributed by atoms with van der Waals surface area (Å²) in [5, 5.41) is 12.1. The molecule has 1 aliphatic rings. The number of nitrogens with zero attached hydrogens (tertiary/aromatic N) is 1. The van der Waals surface area contributed by atoms with Crippen LogP contribution in [0.3, 0.4) is 0 Å². The quantitative estimate of drug-likeness (QED) is 0.782. The van der Waals surface area contributed by atoms with E-state index in [-0.39, 0.29) is 0 Å². The number of nitrogens with two attached hydrogens (primary N) is 1. The van der Waals surface area contributed by atoms with Crippen LogP contribution in [-0.2, 0) is 4.74 Å². The number of nitrogens with one attached hydrogen (secondary N) is 1. The van der Waals surface area contributed by atoms with Crippen LogP contribution in [0.4, 0.5) is 5.69 Å². The van der Waals surface area contributed by atoms with Gasteiger partial charge in [0.25, 0.3) is 0 Å². The van der Waals surface area contributed by atoms with E-state index < -0.39 is 0 Å². The fraction of sp³-hybridized carbons (Fsp3) is 0.562. The fourth-order valence-corrected chi connectivity index (χ4v) is 2.47. The van der Waals surface area contributed by atoms with Gasteiger partial charge in [-0.2, -0.15) is 5.26 Å². The molecule has 0 aliphatic heterocycles. The van der Waals surface area contributed by atoms with Crippen LogP contribution >= 0.6 is 0 Å². The maximum atomic E-state index is 8.72. The van der Waals surface area contributed by atoms with Gasteiger partial charge in [0.15, 0.2) is 0 Å². The van der Waals surface area contributed by atoms with Gasteiger partial charge in [0.05, 0.1) is 17.7 Å². The number of rotatable bonds is 6. The molecule has 1 saturated carbocycles. The highest BCUT2D eigenvalue weighted by atomic mass is 16.5. The molecule has 0 radical (unpaired) electrons. The Morgan fingerprint density at radius 1 is 1.20 bits per heavy atom. The number of nitriles is 1. The smallest absolute Gasteiger partial charge is 0.0991 e. The highest BCUT2D eigenvalue weighted by Crippen LogP contribution is 2.19. The minimum Gasteiger partial charge on any atom is -0.385 e. The first-order valence-electron chi connectivity index (χ1n) is 7.39. The monoisotopic (exact) mass is 273 g/mol. The number of anilines is 1. The summed E-state index contributed by atoms with van der Waals surface area (Å²) in [5.74, 6) is 0. The van der Waals surface area contributed by atoms with Crippen molar-refractivity contribution in [1.82, 2.24) is 0 Å². The molecule has 0 atom stereocenters. The minimum atomic E-state index is 0.382. The molecule has 1 fully saturated rings. The van der Waals surface area contributed by atoms with Gasteiger partial charge >= 0.3 is 0 Å². The zero-order valence-corrected chi connectivity index (χ0v) is 11.8. The molecule has 0 aromatic heterocycles. The first kappa shape index (κ1) is 14.8. The summed E-state index contributed by atoms with van der Waals surface area (Å²) >= 11 is 0. The standard InChI is InChI=1S/C16H23N3O/c17-12-13-2-6-15(7-3-13)19-10-1-11-20-16-8-4-14(18)5-9-16/h2-3,6-7,14,16,19H,1,4-5,8-11,18H2. The van der Waals surface area contributed by atoms with Crippen LogP contribution in [0.5, 0.6) is 0 Å². The molecular formula is C16H23N3O. The maximum absolute atomic E-state index is 8.72. The summed E-state index contributed by atoms with van der Waals surface area (Å²) in [7, 11) is 0. The summed E-state index contributed by atoms with van der Waals surface area (Å²) in [6.45, 7) is 1.68. The molecule has 4 heteroatoms. The average molecular weight is 273 g/mol. The SMILES string of the molecule is N#Cc1ccc(NCCCOC2CCC(N)CC2)cc1. The van der Waals surface area contributed by atoms with Gasteiger partial charge in [-0.25, -0.2) is 0 Å². The average Bonchev–Trinajstić information content (AvgIpc) is 2.49. The van der Waals surface area contributed by atoms with E-state index in [0.29, 0.717) is 17.7 Å². The van der Waals surface area contributed by atoms with Gasteiger partial charge < -0.3 is 15.8 Å². The van der Waals surface area contributed by atoms with Gasteiger partial charge in [0.2, 0.25) is 0 Å². The molecule has 0 amide bonds. The second kappa shape index (κ2) is 7.88. The summed E-state index contributed by atoms with van der Waals surface area (Å²) in [6.07, 6.45) is 5.78. The van der Waals surface area contributed by atoms with Crippen LogP contribution in [0.15, 0.2) is 24.3 Å². The predicted octanol–water partition coefficient (Wildman–Crippen LogP) is 2.65. The third kappa shape index (κ3) is 4.84. The van der Waals surface area contributed by atoms with Crippen LogP contribution < -0.4 is 11.1 Å². The van der Waals surface area contributed by atoms with E-state index >= 15 is 0 Å². The van der Waals surface area contributed by atoms with E-state index in [1.54, 1.807) is 0 Å². The summed E-state index contributed by atoms with van der Waals surface area (Å²) < 4.78 is 5.87. The lowest BCUT2D eigenvalue weighted by Gasteiger charge is -2.26. The lowest BCUT2D eigenvalue weighted by molar-refractivity contribution is 0.0251. The third-order valence-corrected chi connectivity index (χ3v) is 3.74. The zero-order valence-electron chi connectivity index (χ0n) is 11.8. The highest BCUT2D eigenvalue weighted by molar-refractivity contribution is 5.46. The number of benzene rings is 1. The largest absolute Gasteiger partial charge is 0.385 e. The number of hydrogen-bond acceptors (Lipinski definition) is 4. The van der Waals surface area contributed by atoms with Gasteiger partial charge in [0.1, 0.15) is 0 Å². The molecule has 4 nitrogen and oxygen atoms in total. The Balaban J connectivity index is 1.56. The van der Waals surface area contributed by atoms with Crippen LogP contribution in [0.25, 0.3) is 0 Å². The maximum Gasteiger partial charge on any atom is 0.0991 e. The van der Waals surface area contributed by atoms with Crippen molar-refractivity contribution in [3.05, 3.63) is 29.8 Å². The van der Waals surface area contributed by atoms with E-state index in [4.69, 9.17) is 15.7 Å². The van der Waals surface area contributed by atoms with Crippen molar-refractivity contribution in [3.63, 3.8) is 0 Å². The summed E-state index contributed by atoms with van der Waals surface area (Å²) in [5.41, 5.74) is 7.61. The zero-order chi connectivity index (χ0) is 14.2. The first-order chi connectivity index (χ1) is 9.78. The lowest BCUT2D eigenvalue weighted by atomic mass is 9.94. The van der Waals surface area contributed by atoms with E-state index in [1.165, 1.54) is 0 Å². The molecule has 20 heavy (non-hydrogen) atoms. The van der Waals surface area contributed by atoms with Crippen molar-refractivity contribution < 1.29 is 4.74 Å². The Kier molecular flexibility index (Phi) is 5.85. The Morgan fingerprint density at radius 2 is 1.90 bits per heavy atom. The van der Waals surface area contributed by atoms with Gasteiger partial charge in [-0.1, -0.05) is 0 Å². The van der Waals surface area contributed by atoms with E-state index in [9.17, 15) is 0 Å². The van der Waals surface area contributed by atoms with Gasteiger partial charge in [0, 0.05) is 24.9 Å². The van der Waals surface area contributed by atoms with Crippen molar-refractivity contribution in [2.45, 2.75) is 44.2 Å². The number of ether oxygens (including phenoxy) is 1. The molecule has 1 aromatic carbocycles. The third-order valence-electron chi connectivity index (χ3n) is 3.74. The number of hydrogen-bond donors (Lipinski definition) is 2. The van der Waals surface area contributed by atoms with Gasteiger partial charge in [-0.05, 0) is 56.4 Å². The normalized spacial score (nSPS) is 22.2. The van der Waals surface area contributed by atoms with Crippen molar-refractivity contribution in [2.75, 3.05) is 18.5 Å². The Hall–Kier alpha value is -1.57. The molecule has 1 aliphatic carbocycles. The molecule has 108 valence electrons. The lowest BCUT2D eigenvalue weighted by Crippen LogP contribution is -2.30. The Morgan fingerprint density at radius 3 is 2.55 bits per heavy atom. The van der Waals surface area contributed by atoms with Crippen molar-refractivity contribution >= 4 is 5.69 Å². The highest BCUT2D eigenvalue weighted by Gasteiger charge is 2.18. The molecule has 0 saturated heterocycles. The van der Waals surface area contributed by atoms with E-state index in [0.717, 1.165) is 50.9 Å². The summed E-state index contributed by atoms with van der Waals surface area (Å²) in [4.78, 5) is 0. The van der Waals surface area contributed by atoms with Crippen LogP contribution in [0.2, 0.25) is 0 Å². The first-order valence-corrected chi connectivity index (χ1v) is 7.39. The Labute approximate surface area is 120 Å². The van der Waals surface area contributed by atoms with Crippen molar-refractivity contribution in [1.29, 1.82) is 5.26 Å². The van der Waals surface area contributed by atoms with Crippen molar-refractivity contribution in [3.8, 4) is 6.07 Å². The minimum absolute atomic E-state index is 0.382. The second-order valence-corrected chi connectivity index (χ2v) is 5.38. The Bertz CT molecular complexity index is 430. The second-order valence-electron chi connectivity index (χ2n) is 5.38. The molecule has 0 heterocycles. The predicted molar refractivity (Wildman–Crippen MR) is 80.4 cm³/mol. The summed E-state index contributed by atoms with van der Waals surface area (Å²) in [6, 6.07) is 10.0. The fourth-order valence-electron chi connectivity index (χ4n) is 2.47. The van der Waals surface area contributed by atoms with Crippen LogP contribution in [0.1, 0.15) is 37.7 Å².